The summed E-state index contributed by atoms with van der Waals surface area (Å²) >= 11 is 6.19. The fraction of sp³-hybridized carbons (Fsp3) is 0.583. The van der Waals surface area contributed by atoms with Crippen LogP contribution in [0.3, 0.4) is 0 Å². The summed E-state index contributed by atoms with van der Waals surface area (Å²) < 4.78 is 0. The Bertz CT molecular complexity index is 518. The van der Waals surface area contributed by atoms with Crippen LogP contribution in [0.15, 0.2) is 17.7 Å². The van der Waals surface area contributed by atoms with Crippen molar-refractivity contribution in [2.24, 2.45) is 11.3 Å². The maximum absolute atomic E-state index is 4.45. The Kier molecular flexibility index (Phi) is 4.17. The third-order valence-electron chi connectivity index (χ3n) is 3.05. The van der Waals surface area contributed by atoms with Crippen molar-refractivity contribution < 1.29 is 0 Å². The number of aromatic nitrogens is 4. The number of nitrogens with zero attached hydrogens (tertiary/aromatic N) is 3. The minimum atomic E-state index is 0.259. The van der Waals surface area contributed by atoms with Gasteiger partial charge in [0.2, 0.25) is 0 Å². The van der Waals surface area contributed by atoms with Gasteiger partial charge in [-0.05, 0) is 17.1 Å². The molecule has 98 valence electrons. The van der Waals surface area contributed by atoms with Gasteiger partial charge < -0.3 is 4.98 Å². The lowest BCUT2D eigenvalue weighted by Crippen LogP contribution is -2.24. The van der Waals surface area contributed by atoms with E-state index in [1.165, 1.54) is 0 Å². The van der Waals surface area contributed by atoms with Gasteiger partial charge in [-0.2, -0.15) is 12.6 Å². The molecule has 6 heteroatoms. The summed E-state index contributed by atoms with van der Waals surface area (Å²) in [6.07, 6.45) is 3.22. The number of imidazole rings is 1. The Balaban J connectivity index is 2.12. The van der Waals surface area contributed by atoms with E-state index >= 15 is 0 Å². The van der Waals surface area contributed by atoms with Crippen molar-refractivity contribution in [2.45, 2.75) is 25.8 Å². The zero-order valence-electron chi connectivity index (χ0n) is 10.8. The van der Waals surface area contributed by atoms with Crippen LogP contribution in [0.5, 0.6) is 0 Å². The molecule has 1 unspecified atom stereocenters. The van der Waals surface area contributed by atoms with Gasteiger partial charge in [0.25, 0.3) is 0 Å². The maximum Gasteiger partial charge on any atom is 0.181 e. The predicted molar refractivity (Wildman–Crippen MR) is 79.2 cm³/mol. The molecule has 2 heterocycles. The van der Waals surface area contributed by atoms with Gasteiger partial charge in [-0.1, -0.05) is 20.8 Å². The third-order valence-corrected chi connectivity index (χ3v) is 4.65. The Morgan fingerprint density at radius 2 is 2.11 bits per heavy atom. The van der Waals surface area contributed by atoms with E-state index in [-0.39, 0.29) is 5.41 Å². The van der Waals surface area contributed by atoms with Crippen LogP contribution in [-0.2, 0) is 0 Å². The highest BCUT2D eigenvalue weighted by atomic mass is 32.2. The van der Waals surface area contributed by atoms with Crippen LogP contribution >= 0.6 is 24.4 Å². The van der Waals surface area contributed by atoms with Crippen molar-refractivity contribution in [3.63, 3.8) is 0 Å². The Morgan fingerprint density at radius 1 is 1.33 bits per heavy atom. The number of aromatic amines is 1. The van der Waals surface area contributed by atoms with Crippen LogP contribution in [0, 0.1) is 11.3 Å². The van der Waals surface area contributed by atoms with E-state index < -0.39 is 0 Å². The second-order valence-corrected chi connectivity index (χ2v) is 6.71. The van der Waals surface area contributed by atoms with E-state index in [0.717, 1.165) is 27.7 Å². The first kappa shape index (κ1) is 13.7. The Hall–Kier alpha value is -0.750. The first-order chi connectivity index (χ1) is 8.52. The third kappa shape index (κ3) is 2.98. The molecule has 2 aromatic heterocycles. The molecule has 0 fully saturated rings. The Labute approximate surface area is 117 Å². The number of H-pyrrole nitrogens is 1. The topological polar surface area (TPSA) is 54.5 Å². The highest BCUT2D eigenvalue weighted by Crippen LogP contribution is 2.33. The van der Waals surface area contributed by atoms with E-state index in [1.807, 2.05) is 0 Å². The summed E-state index contributed by atoms with van der Waals surface area (Å²) in [4.78, 5) is 15.7. The van der Waals surface area contributed by atoms with Gasteiger partial charge in [-0.25, -0.2) is 15.0 Å². The smallest absolute Gasteiger partial charge is 0.181 e. The molecule has 0 amide bonds. The molecule has 4 nitrogen and oxygen atoms in total. The molecule has 1 atom stereocenters. The monoisotopic (exact) mass is 282 g/mol. The SMILES string of the molecule is CC(C)(C)C(CS)CSc1ncnc2nc[nH]c12. The van der Waals surface area contributed by atoms with Crippen molar-refractivity contribution >= 4 is 35.6 Å². The molecule has 0 saturated heterocycles. The molecule has 1 N–H and O–H groups in total. The maximum atomic E-state index is 4.45. The highest BCUT2D eigenvalue weighted by Gasteiger charge is 2.23. The molecular weight excluding hydrogens is 264 g/mol. The molecule has 0 bridgehead atoms. The standard InChI is InChI=1S/C12H18N4S2/c1-12(2,3)8(4-17)5-18-11-9-10(14-6-13-9)15-7-16-11/h6-8,17H,4-5H2,1-3H3,(H,13,14,15,16). The Morgan fingerprint density at radius 3 is 2.78 bits per heavy atom. The van der Waals surface area contributed by atoms with Crippen LogP contribution in [-0.4, -0.2) is 31.4 Å². The molecule has 0 saturated carbocycles. The van der Waals surface area contributed by atoms with Crippen molar-refractivity contribution in [3.05, 3.63) is 12.7 Å². The summed E-state index contributed by atoms with van der Waals surface area (Å²) in [5.41, 5.74) is 1.91. The minimum absolute atomic E-state index is 0.259. The number of hydrogen-bond acceptors (Lipinski definition) is 5. The van der Waals surface area contributed by atoms with Crippen molar-refractivity contribution in [3.8, 4) is 0 Å². The molecule has 0 aromatic carbocycles. The van der Waals surface area contributed by atoms with Gasteiger partial charge in [0, 0.05) is 5.75 Å². The predicted octanol–water partition coefficient (Wildman–Crippen LogP) is 3.04. The lowest BCUT2D eigenvalue weighted by Gasteiger charge is -2.28. The van der Waals surface area contributed by atoms with E-state index in [4.69, 9.17) is 0 Å². The minimum Gasteiger partial charge on any atom is -0.341 e. The molecule has 2 aromatic rings. The van der Waals surface area contributed by atoms with Gasteiger partial charge in [0.05, 0.1) is 6.33 Å². The van der Waals surface area contributed by atoms with Gasteiger partial charge in [-0.3, -0.25) is 0 Å². The fourth-order valence-electron chi connectivity index (χ4n) is 1.61. The number of thioether (sulfide) groups is 1. The lowest BCUT2D eigenvalue weighted by molar-refractivity contribution is 0.294. The van der Waals surface area contributed by atoms with E-state index in [2.05, 4.69) is 53.3 Å². The van der Waals surface area contributed by atoms with Gasteiger partial charge in [0.15, 0.2) is 5.65 Å². The van der Waals surface area contributed by atoms with Crippen LogP contribution in [0.25, 0.3) is 11.2 Å². The average Bonchev–Trinajstić information content (AvgIpc) is 2.76. The number of hydrogen-bond donors (Lipinski definition) is 2. The van der Waals surface area contributed by atoms with E-state index in [9.17, 15) is 0 Å². The molecule has 0 aliphatic rings. The molecule has 0 spiro atoms. The number of rotatable bonds is 4. The lowest BCUT2D eigenvalue weighted by atomic mass is 9.83. The number of thiol groups is 1. The average molecular weight is 282 g/mol. The quantitative estimate of drug-likeness (QED) is 0.514. The summed E-state index contributed by atoms with van der Waals surface area (Å²) in [7, 11) is 0. The molecule has 18 heavy (non-hydrogen) atoms. The first-order valence-electron chi connectivity index (χ1n) is 5.90. The van der Waals surface area contributed by atoms with Gasteiger partial charge in [0.1, 0.15) is 16.9 Å². The molecule has 0 aliphatic carbocycles. The van der Waals surface area contributed by atoms with E-state index in [0.29, 0.717) is 5.92 Å². The normalized spacial score (nSPS) is 14.0. The fourth-order valence-corrected chi connectivity index (χ4v) is 3.85. The zero-order chi connectivity index (χ0) is 13.2. The van der Waals surface area contributed by atoms with Crippen LogP contribution < -0.4 is 0 Å². The highest BCUT2D eigenvalue weighted by molar-refractivity contribution is 7.99. The summed E-state index contributed by atoms with van der Waals surface area (Å²) in [5, 5.41) is 0.966. The van der Waals surface area contributed by atoms with Crippen molar-refractivity contribution in [1.29, 1.82) is 0 Å². The molecule has 2 rings (SSSR count). The summed E-state index contributed by atoms with van der Waals surface area (Å²) in [5.74, 6) is 2.42. The number of fused-ring (bicyclic) bond motifs is 1. The van der Waals surface area contributed by atoms with Crippen LogP contribution in [0.2, 0.25) is 0 Å². The van der Waals surface area contributed by atoms with Gasteiger partial charge >= 0.3 is 0 Å². The van der Waals surface area contributed by atoms with Crippen molar-refractivity contribution in [1.82, 2.24) is 19.9 Å². The van der Waals surface area contributed by atoms with Crippen molar-refractivity contribution in [2.75, 3.05) is 11.5 Å². The van der Waals surface area contributed by atoms with Crippen LogP contribution in [0.4, 0.5) is 0 Å². The van der Waals surface area contributed by atoms with Gasteiger partial charge in [-0.15, -0.1) is 11.8 Å². The summed E-state index contributed by atoms with van der Waals surface area (Å²) in [6.45, 7) is 6.75. The largest absolute Gasteiger partial charge is 0.341 e. The molecule has 0 aliphatic heterocycles. The summed E-state index contributed by atoms with van der Waals surface area (Å²) in [6, 6.07) is 0. The first-order valence-corrected chi connectivity index (χ1v) is 7.52. The second-order valence-electron chi connectivity index (χ2n) is 5.34. The number of nitrogens with one attached hydrogen (secondary N) is 1. The molecular formula is C12H18N4S2. The second kappa shape index (κ2) is 5.48. The molecule has 0 radical (unpaired) electrons. The van der Waals surface area contributed by atoms with E-state index in [1.54, 1.807) is 24.4 Å². The van der Waals surface area contributed by atoms with Crippen LogP contribution in [0.1, 0.15) is 20.8 Å². The zero-order valence-corrected chi connectivity index (χ0v) is 12.6.